The molecule has 0 amide bonds. The summed E-state index contributed by atoms with van der Waals surface area (Å²) in [5.41, 5.74) is 5.15. The van der Waals surface area contributed by atoms with Crippen LogP contribution in [0, 0.1) is 0 Å². The molecule has 1 aromatic carbocycles. The van der Waals surface area contributed by atoms with E-state index in [-0.39, 0.29) is 10.9 Å². The molecule has 2 N–H and O–H groups in total. The average molecular weight is 225 g/mol. The van der Waals surface area contributed by atoms with Crippen molar-refractivity contribution in [3.8, 4) is 0 Å². The van der Waals surface area contributed by atoms with E-state index in [9.17, 15) is 8.42 Å². The summed E-state index contributed by atoms with van der Waals surface area (Å²) < 4.78 is 28.0. The first kappa shape index (κ1) is 9.66. The summed E-state index contributed by atoms with van der Waals surface area (Å²) >= 11 is 0. The molecule has 0 saturated heterocycles. The number of hydrogen-bond acceptors (Lipinski definition) is 6. The van der Waals surface area contributed by atoms with Crippen LogP contribution < -0.4 is 5.73 Å². The molecule has 0 unspecified atom stereocenters. The Morgan fingerprint density at radius 2 is 1.87 bits per heavy atom. The highest BCUT2D eigenvalue weighted by Crippen LogP contribution is 2.17. The van der Waals surface area contributed by atoms with E-state index in [2.05, 4.69) is 14.7 Å². The number of hydrogen-bond donors (Lipinski definition) is 1. The highest BCUT2D eigenvalue weighted by Gasteiger charge is 2.23. The van der Waals surface area contributed by atoms with E-state index in [1.165, 1.54) is 12.1 Å². The summed E-state index contributed by atoms with van der Waals surface area (Å²) in [6.45, 7) is 0. The lowest BCUT2D eigenvalue weighted by Gasteiger charge is -1.96. The first-order chi connectivity index (χ1) is 7.10. The van der Waals surface area contributed by atoms with Gasteiger partial charge in [-0.1, -0.05) is 18.2 Å². The van der Waals surface area contributed by atoms with E-state index in [0.29, 0.717) is 0 Å². The molecule has 7 heteroatoms. The number of anilines is 1. The molecular formula is C8H7N3O3S. The van der Waals surface area contributed by atoms with Crippen LogP contribution >= 0.6 is 0 Å². The van der Waals surface area contributed by atoms with Crippen LogP contribution in [0.2, 0.25) is 0 Å². The summed E-state index contributed by atoms with van der Waals surface area (Å²) in [6.07, 6.45) is 0. The van der Waals surface area contributed by atoms with Crippen molar-refractivity contribution in [1.29, 1.82) is 0 Å². The predicted octanol–water partition coefficient (Wildman–Crippen LogP) is 0.485. The van der Waals surface area contributed by atoms with Crippen molar-refractivity contribution in [3.05, 3.63) is 30.3 Å². The molecule has 2 rings (SSSR count). The average Bonchev–Trinajstić information content (AvgIpc) is 2.67. The van der Waals surface area contributed by atoms with Crippen LogP contribution in [-0.2, 0) is 9.84 Å². The molecule has 0 aliphatic rings. The zero-order valence-electron chi connectivity index (χ0n) is 7.49. The highest BCUT2D eigenvalue weighted by molar-refractivity contribution is 7.91. The maximum atomic E-state index is 11.8. The molecule has 78 valence electrons. The number of benzene rings is 1. The van der Waals surface area contributed by atoms with Gasteiger partial charge in [0.15, 0.2) is 0 Å². The Kier molecular flexibility index (Phi) is 2.16. The van der Waals surface area contributed by atoms with Crippen LogP contribution in [0.5, 0.6) is 0 Å². The second kappa shape index (κ2) is 3.35. The summed E-state index contributed by atoms with van der Waals surface area (Å²) in [5, 5.41) is 2.84. The lowest BCUT2D eigenvalue weighted by atomic mass is 10.4. The zero-order chi connectivity index (χ0) is 10.9. The molecule has 6 nitrogen and oxygen atoms in total. The second-order valence-electron chi connectivity index (χ2n) is 2.73. The summed E-state index contributed by atoms with van der Waals surface area (Å²) in [7, 11) is -3.71. The van der Waals surface area contributed by atoms with Crippen molar-refractivity contribution >= 4 is 15.9 Å². The molecule has 0 spiro atoms. The summed E-state index contributed by atoms with van der Waals surface area (Å²) in [6, 6.07) is 7.55. The van der Waals surface area contributed by atoms with Gasteiger partial charge in [0.05, 0.1) is 4.90 Å². The van der Waals surface area contributed by atoms with Gasteiger partial charge in [-0.25, -0.2) is 8.42 Å². The molecule has 1 heterocycles. The van der Waals surface area contributed by atoms with Crippen molar-refractivity contribution in [2.75, 3.05) is 5.73 Å². The molecule has 0 bridgehead atoms. The van der Waals surface area contributed by atoms with Crippen LogP contribution in [0.4, 0.5) is 6.01 Å². The summed E-state index contributed by atoms with van der Waals surface area (Å²) in [4.78, 5) is 3.57. The molecule has 0 radical (unpaired) electrons. The van der Waals surface area contributed by atoms with Gasteiger partial charge < -0.3 is 10.3 Å². The van der Waals surface area contributed by atoms with Crippen molar-refractivity contribution < 1.29 is 12.9 Å². The van der Waals surface area contributed by atoms with Crippen molar-refractivity contribution in [2.45, 2.75) is 10.1 Å². The third kappa shape index (κ3) is 1.68. The summed E-state index contributed by atoms with van der Waals surface area (Å²) in [5.74, 6) is 0. The number of nitrogens with zero attached hydrogens (tertiary/aromatic N) is 2. The van der Waals surface area contributed by atoms with Gasteiger partial charge in [-0.3, -0.25) is 0 Å². The number of sulfone groups is 1. The first-order valence-electron chi connectivity index (χ1n) is 4.00. The molecule has 0 saturated carbocycles. The number of nitrogen functional groups attached to an aromatic ring is 1. The number of nitrogens with two attached hydrogens (primary N) is 1. The maximum absolute atomic E-state index is 11.8. The van der Waals surface area contributed by atoms with Crippen LogP contribution in [0.25, 0.3) is 0 Å². The van der Waals surface area contributed by atoms with Crippen LogP contribution in [-0.4, -0.2) is 18.6 Å². The Labute approximate surface area is 85.6 Å². The van der Waals surface area contributed by atoms with Gasteiger partial charge in [-0.15, -0.1) is 0 Å². The lowest BCUT2D eigenvalue weighted by molar-refractivity contribution is 0.415. The highest BCUT2D eigenvalue weighted by atomic mass is 32.2. The topological polar surface area (TPSA) is 99.1 Å². The molecule has 0 fully saturated rings. The van der Waals surface area contributed by atoms with E-state index in [1.54, 1.807) is 18.2 Å². The van der Waals surface area contributed by atoms with Gasteiger partial charge in [0.25, 0.3) is 5.16 Å². The molecule has 2 aromatic rings. The third-order valence-electron chi connectivity index (χ3n) is 1.72. The molecule has 0 aliphatic carbocycles. The van der Waals surface area contributed by atoms with Crippen molar-refractivity contribution in [3.63, 3.8) is 0 Å². The van der Waals surface area contributed by atoms with E-state index < -0.39 is 15.0 Å². The molecular weight excluding hydrogens is 218 g/mol. The minimum atomic E-state index is -3.71. The van der Waals surface area contributed by atoms with Gasteiger partial charge in [0.2, 0.25) is 9.84 Å². The fourth-order valence-electron chi connectivity index (χ4n) is 1.04. The van der Waals surface area contributed by atoms with Crippen LogP contribution in [0.3, 0.4) is 0 Å². The molecule has 0 atom stereocenters. The van der Waals surface area contributed by atoms with E-state index in [1.807, 2.05) is 0 Å². The fourth-order valence-corrected chi connectivity index (χ4v) is 2.11. The quantitative estimate of drug-likeness (QED) is 0.798. The standard InChI is InChI=1S/C8H7N3O3S/c9-7-10-8(11-14-7)15(12,13)6-4-2-1-3-5-6/h1-5H,(H2,9,10,11). The number of aromatic nitrogens is 2. The molecule has 0 aliphatic heterocycles. The normalized spacial score (nSPS) is 11.5. The fraction of sp³-hybridized carbons (Fsp3) is 0. The Bertz CT molecular complexity index is 562. The predicted molar refractivity (Wildman–Crippen MR) is 50.6 cm³/mol. The largest absolute Gasteiger partial charge is 0.351 e. The minimum Gasteiger partial charge on any atom is -0.351 e. The Balaban J connectivity index is 2.54. The Morgan fingerprint density at radius 3 is 2.40 bits per heavy atom. The zero-order valence-corrected chi connectivity index (χ0v) is 8.31. The Morgan fingerprint density at radius 1 is 1.20 bits per heavy atom. The van der Waals surface area contributed by atoms with Crippen molar-refractivity contribution in [2.24, 2.45) is 0 Å². The number of rotatable bonds is 2. The smallest absolute Gasteiger partial charge is 0.319 e. The third-order valence-corrected chi connectivity index (χ3v) is 3.26. The monoisotopic (exact) mass is 225 g/mol. The van der Waals surface area contributed by atoms with E-state index >= 15 is 0 Å². The van der Waals surface area contributed by atoms with Crippen molar-refractivity contribution in [1.82, 2.24) is 10.1 Å². The van der Waals surface area contributed by atoms with Gasteiger partial charge in [-0.2, -0.15) is 4.98 Å². The van der Waals surface area contributed by atoms with Gasteiger partial charge in [-0.05, 0) is 17.3 Å². The van der Waals surface area contributed by atoms with E-state index in [4.69, 9.17) is 5.73 Å². The SMILES string of the molecule is Nc1nc(S(=O)(=O)c2ccccc2)no1. The minimum absolute atomic E-state index is 0.103. The Hall–Kier alpha value is -1.89. The van der Waals surface area contributed by atoms with Crippen LogP contribution in [0.15, 0.2) is 44.9 Å². The van der Waals surface area contributed by atoms with Crippen LogP contribution in [0.1, 0.15) is 0 Å². The van der Waals surface area contributed by atoms with Gasteiger partial charge in [0.1, 0.15) is 0 Å². The molecule has 1 aromatic heterocycles. The van der Waals surface area contributed by atoms with Gasteiger partial charge in [0, 0.05) is 0 Å². The van der Waals surface area contributed by atoms with E-state index in [0.717, 1.165) is 0 Å². The maximum Gasteiger partial charge on any atom is 0.319 e. The first-order valence-corrected chi connectivity index (χ1v) is 5.48. The molecule has 15 heavy (non-hydrogen) atoms. The second-order valence-corrected chi connectivity index (χ2v) is 4.58. The van der Waals surface area contributed by atoms with Gasteiger partial charge >= 0.3 is 6.01 Å². The lowest BCUT2D eigenvalue weighted by Crippen LogP contribution is -2.03.